The zero-order valence-electron chi connectivity index (χ0n) is 13.6. The van der Waals surface area contributed by atoms with Crippen molar-refractivity contribution in [1.29, 1.82) is 0 Å². The largest absolute Gasteiger partial charge is 0.444 e. The predicted molar refractivity (Wildman–Crippen MR) is 93.7 cm³/mol. The van der Waals surface area contributed by atoms with Gasteiger partial charge in [0, 0.05) is 22.4 Å². The van der Waals surface area contributed by atoms with Crippen molar-refractivity contribution in [2.24, 2.45) is 0 Å². The molecule has 1 N–H and O–H groups in total. The number of carbonyl (C=O) groups is 1. The van der Waals surface area contributed by atoms with E-state index >= 15 is 0 Å². The minimum absolute atomic E-state index is 0.0179. The summed E-state index contributed by atoms with van der Waals surface area (Å²) < 4.78 is 17.6. The van der Waals surface area contributed by atoms with Crippen molar-refractivity contribution in [3.05, 3.63) is 42.3 Å². The lowest BCUT2D eigenvalue weighted by atomic mass is 9.95. The maximum Gasteiger partial charge on any atom is 0.232 e. The summed E-state index contributed by atoms with van der Waals surface area (Å²) in [6.07, 6.45) is 7.14. The molecule has 0 bridgehead atoms. The van der Waals surface area contributed by atoms with Gasteiger partial charge < -0.3 is 9.73 Å². The number of aromatic nitrogens is 1. The van der Waals surface area contributed by atoms with E-state index in [1.54, 1.807) is 0 Å². The zero-order valence-corrected chi connectivity index (χ0v) is 14.4. The monoisotopic (exact) mass is 346 g/mol. The molecule has 1 aliphatic rings. The number of benzene rings is 1. The average Bonchev–Trinajstić information content (AvgIpc) is 3.04. The van der Waals surface area contributed by atoms with E-state index in [0.717, 1.165) is 31.2 Å². The maximum absolute atomic E-state index is 12.2. The van der Waals surface area contributed by atoms with E-state index in [1.807, 2.05) is 30.3 Å². The van der Waals surface area contributed by atoms with E-state index in [4.69, 9.17) is 4.42 Å². The average molecular weight is 346 g/mol. The minimum atomic E-state index is -1.28. The lowest BCUT2D eigenvalue weighted by molar-refractivity contribution is -0.119. The van der Waals surface area contributed by atoms with Gasteiger partial charge in [-0.15, -0.1) is 0 Å². The Hall–Kier alpha value is -1.95. The molecule has 6 heteroatoms. The highest BCUT2D eigenvalue weighted by Gasteiger charge is 2.18. The van der Waals surface area contributed by atoms with Crippen LogP contribution in [0, 0.1) is 0 Å². The fourth-order valence-electron chi connectivity index (χ4n) is 2.97. The molecule has 128 valence electrons. The Balaban J connectivity index is 1.50. The van der Waals surface area contributed by atoms with Crippen LogP contribution in [0.25, 0.3) is 11.5 Å². The first-order valence-corrected chi connectivity index (χ1v) is 9.83. The first-order chi connectivity index (χ1) is 11.7. The molecule has 1 aromatic carbocycles. The Kier molecular flexibility index (Phi) is 5.80. The van der Waals surface area contributed by atoms with Crippen LogP contribution < -0.4 is 5.32 Å². The number of rotatable bonds is 6. The molecule has 5 nitrogen and oxygen atoms in total. The molecule has 1 unspecified atom stereocenters. The topological polar surface area (TPSA) is 72.2 Å². The van der Waals surface area contributed by atoms with Crippen LogP contribution in [0.2, 0.25) is 0 Å². The van der Waals surface area contributed by atoms with Crippen molar-refractivity contribution in [3.63, 3.8) is 0 Å². The number of hydrogen-bond donors (Lipinski definition) is 1. The SMILES string of the molecule is O=C(CS(=O)Cc1coc(-c2ccccc2)n1)NC1CCCCC1. The molecule has 1 saturated carbocycles. The van der Waals surface area contributed by atoms with Gasteiger partial charge in [-0.2, -0.15) is 0 Å². The van der Waals surface area contributed by atoms with Gasteiger partial charge in [0.2, 0.25) is 11.8 Å². The maximum atomic E-state index is 12.2. The van der Waals surface area contributed by atoms with E-state index in [1.165, 1.54) is 12.7 Å². The molecule has 3 rings (SSSR count). The summed E-state index contributed by atoms with van der Waals surface area (Å²) in [5.41, 5.74) is 1.49. The Morgan fingerprint density at radius 3 is 2.71 bits per heavy atom. The van der Waals surface area contributed by atoms with E-state index in [9.17, 15) is 9.00 Å². The molecular formula is C18H22N2O3S. The van der Waals surface area contributed by atoms with Crippen LogP contribution >= 0.6 is 0 Å². The van der Waals surface area contributed by atoms with Crippen molar-refractivity contribution in [2.75, 3.05) is 5.75 Å². The molecule has 1 aliphatic carbocycles. The zero-order chi connectivity index (χ0) is 16.8. The number of amides is 1. The van der Waals surface area contributed by atoms with Crippen molar-refractivity contribution in [1.82, 2.24) is 10.3 Å². The van der Waals surface area contributed by atoms with Gasteiger partial charge in [-0.3, -0.25) is 9.00 Å². The third kappa shape index (κ3) is 4.77. The molecule has 2 aromatic rings. The van der Waals surface area contributed by atoms with Gasteiger partial charge in [0.15, 0.2) is 0 Å². The van der Waals surface area contributed by atoms with Crippen molar-refractivity contribution in [3.8, 4) is 11.5 Å². The van der Waals surface area contributed by atoms with E-state index < -0.39 is 10.8 Å². The van der Waals surface area contributed by atoms with Gasteiger partial charge in [0.05, 0.1) is 11.4 Å². The number of nitrogens with zero attached hydrogens (tertiary/aromatic N) is 1. The third-order valence-electron chi connectivity index (χ3n) is 4.14. The summed E-state index contributed by atoms with van der Waals surface area (Å²) in [6.45, 7) is 0. The van der Waals surface area contributed by atoms with Gasteiger partial charge in [-0.1, -0.05) is 37.5 Å². The van der Waals surface area contributed by atoms with Crippen LogP contribution in [-0.2, 0) is 21.3 Å². The minimum Gasteiger partial charge on any atom is -0.444 e. The number of carbonyl (C=O) groups excluding carboxylic acids is 1. The molecule has 24 heavy (non-hydrogen) atoms. The Labute approximate surface area is 144 Å². The third-order valence-corrected chi connectivity index (χ3v) is 5.35. The van der Waals surface area contributed by atoms with Gasteiger partial charge >= 0.3 is 0 Å². The summed E-state index contributed by atoms with van der Waals surface area (Å²) in [6, 6.07) is 9.81. The number of hydrogen-bond acceptors (Lipinski definition) is 4. The van der Waals surface area contributed by atoms with Crippen LogP contribution in [0.5, 0.6) is 0 Å². The van der Waals surface area contributed by atoms with Gasteiger partial charge in [0.25, 0.3) is 0 Å². The lowest BCUT2D eigenvalue weighted by Gasteiger charge is -2.22. The smallest absolute Gasteiger partial charge is 0.232 e. The second-order valence-electron chi connectivity index (χ2n) is 6.14. The molecule has 1 heterocycles. The van der Waals surface area contributed by atoms with E-state index in [0.29, 0.717) is 11.6 Å². The molecule has 1 aromatic heterocycles. The fourth-order valence-corrected chi connectivity index (χ4v) is 3.91. The van der Waals surface area contributed by atoms with Gasteiger partial charge in [-0.25, -0.2) is 4.98 Å². The Morgan fingerprint density at radius 2 is 1.96 bits per heavy atom. The second-order valence-corrected chi connectivity index (χ2v) is 7.60. The first-order valence-electron chi connectivity index (χ1n) is 8.35. The number of oxazole rings is 1. The predicted octanol–water partition coefficient (Wildman–Crippen LogP) is 3.04. The molecule has 1 fully saturated rings. The Bertz CT molecular complexity index is 693. The molecule has 1 amide bonds. The van der Waals surface area contributed by atoms with E-state index in [-0.39, 0.29) is 23.5 Å². The van der Waals surface area contributed by atoms with E-state index in [2.05, 4.69) is 10.3 Å². The molecule has 0 aliphatic heterocycles. The van der Waals surface area contributed by atoms with Gasteiger partial charge in [0.1, 0.15) is 12.0 Å². The quantitative estimate of drug-likeness (QED) is 0.872. The highest BCUT2D eigenvalue weighted by Crippen LogP contribution is 2.19. The molecular weight excluding hydrogens is 324 g/mol. The first kappa shape index (κ1) is 16.9. The van der Waals surface area contributed by atoms with Gasteiger partial charge in [-0.05, 0) is 25.0 Å². The molecule has 0 saturated heterocycles. The fraction of sp³-hybridized carbons (Fsp3) is 0.444. The Morgan fingerprint density at radius 1 is 1.21 bits per heavy atom. The summed E-state index contributed by atoms with van der Waals surface area (Å²) in [4.78, 5) is 16.3. The van der Waals surface area contributed by atoms with Crippen LogP contribution in [0.3, 0.4) is 0 Å². The highest BCUT2D eigenvalue weighted by molar-refractivity contribution is 7.84. The summed E-state index contributed by atoms with van der Waals surface area (Å²) in [7, 11) is -1.28. The second kappa shape index (κ2) is 8.24. The standard InChI is InChI=1S/C18H22N2O3S/c21-17(19-15-9-5-2-6-10-15)13-24(22)12-16-11-23-18(20-16)14-7-3-1-4-8-14/h1,3-4,7-8,11,15H,2,5-6,9-10,12-13H2,(H,19,21). The summed E-state index contributed by atoms with van der Waals surface area (Å²) >= 11 is 0. The summed E-state index contributed by atoms with van der Waals surface area (Å²) in [5, 5.41) is 2.99. The van der Waals surface area contributed by atoms with Crippen LogP contribution in [0.4, 0.5) is 0 Å². The summed E-state index contributed by atoms with van der Waals surface area (Å²) in [5.74, 6) is 0.625. The van der Waals surface area contributed by atoms with Crippen LogP contribution in [0.1, 0.15) is 37.8 Å². The van der Waals surface area contributed by atoms with Crippen LogP contribution in [0.15, 0.2) is 41.0 Å². The number of nitrogens with one attached hydrogen (secondary N) is 1. The highest BCUT2D eigenvalue weighted by atomic mass is 32.2. The molecule has 0 radical (unpaired) electrons. The lowest BCUT2D eigenvalue weighted by Crippen LogP contribution is -2.38. The molecule has 0 spiro atoms. The van der Waals surface area contributed by atoms with Crippen molar-refractivity contribution >= 4 is 16.7 Å². The molecule has 1 atom stereocenters. The van der Waals surface area contributed by atoms with Crippen LogP contribution in [-0.4, -0.2) is 26.9 Å². The normalized spacial score (nSPS) is 16.7. The van der Waals surface area contributed by atoms with Crippen molar-refractivity contribution in [2.45, 2.75) is 43.9 Å². The van der Waals surface area contributed by atoms with Crippen molar-refractivity contribution < 1.29 is 13.4 Å².